The summed E-state index contributed by atoms with van der Waals surface area (Å²) >= 11 is 0. The van der Waals surface area contributed by atoms with E-state index in [0.29, 0.717) is 29.8 Å². The second kappa shape index (κ2) is 6.31. The molecule has 20 heavy (non-hydrogen) atoms. The number of nitrogens with zero attached hydrogens (tertiary/aromatic N) is 5. The predicted octanol–water partition coefficient (Wildman–Crippen LogP) is 1.95. The Labute approximate surface area is 118 Å². The van der Waals surface area contributed by atoms with Crippen LogP contribution in [0.25, 0.3) is 5.95 Å². The Morgan fingerprint density at radius 1 is 1.20 bits per heavy atom. The van der Waals surface area contributed by atoms with E-state index in [2.05, 4.69) is 51.3 Å². The van der Waals surface area contributed by atoms with E-state index in [-0.39, 0.29) is 0 Å². The van der Waals surface area contributed by atoms with Crippen LogP contribution in [0.5, 0.6) is 0 Å². The van der Waals surface area contributed by atoms with Crippen LogP contribution >= 0.6 is 0 Å². The van der Waals surface area contributed by atoms with Crippen molar-refractivity contribution in [2.24, 2.45) is 5.92 Å². The van der Waals surface area contributed by atoms with Crippen LogP contribution < -0.4 is 10.6 Å². The summed E-state index contributed by atoms with van der Waals surface area (Å²) in [5, 5.41) is 6.28. The number of imidazole rings is 1. The van der Waals surface area contributed by atoms with Gasteiger partial charge in [-0.15, -0.1) is 0 Å². The largest absolute Gasteiger partial charge is 0.357 e. The first-order chi connectivity index (χ1) is 9.63. The maximum absolute atomic E-state index is 4.43. The van der Waals surface area contributed by atoms with Gasteiger partial charge in [0.2, 0.25) is 17.8 Å². The summed E-state index contributed by atoms with van der Waals surface area (Å²) in [6.07, 6.45) is 6.26. The predicted molar refractivity (Wildman–Crippen MR) is 79.0 cm³/mol. The molecule has 2 heterocycles. The van der Waals surface area contributed by atoms with Crippen molar-refractivity contribution in [3.63, 3.8) is 0 Å². The van der Waals surface area contributed by atoms with Crippen LogP contribution in [-0.2, 0) is 0 Å². The third-order valence-corrected chi connectivity index (χ3v) is 3.44. The van der Waals surface area contributed by atoms with Gasteiger partial charge in [0.25, 0.3) is 0 Å². The molecular weight excluding hydrogens is 254 g/mol. The molecule has 0 aromatic carbocycles. The van der Waals surface area contributed by atoms with Crippen molar-refractivity contribution in [1.82, 2.24) is 24.5 Å². The van der Waals surface area contributed by atoms with E-state index in [9.17, 15) is 0 Å². The van der Waals surface area contributed by atoms with Crippen LogP contribution in [0, 0.1) is 5.92 Å². The number of aromatic nitrogens is 5. The van der Waals surface area contributed by atoms with Gasteiger partial charge in [-0.05, 0) is 12.8 Å². The summed E-state index contributed by atoms with van der Waals surface area (Å²) in [6, 6.07) is 0.294. The first-order valence-corrected chi connectivity index (χ1v) is 6.82. The highest BCUT2D eigenvalue weighted by Crippen LogP contribution is 2.14. The molecule has 0 bridgehead atoms. The van der Waals surface area contributed by atoms with Crippen molar-refractivity contribution in [1.29, 1.82) is 0 Å². The smallest absolute Gasteiger partial charge is 0.241 e. The second-order valence-corrected chi connectivity index (χ2v) is 4.82. The van der Waals surface area contributed by atoms with E-state index in [1.165, 1.54) is 0 Å². The van der Waals surface area contributed by atoms with E-state index >= 15 is 0 Å². The Kier molecular flexibility index (Phi) is 4.49. The SMILES string of the molecule is CCC(C)C(C)Nc1nc(NC)nc(-n2ccnc2)n1. The van der Waals surface area contributed by atoms with Crippen LogP contribution in [0.4, 0.5) is 11.9 Å². The minimum atomic E-state index is 0.294. The standard InChI is InChI=1S/C13H21N7/c1-5-9(2)10(3)16-12-17-11(14-4)18-13(19-12)20-7-6-15-8-20/h6-10H,5H2,1-4H3,(H2,14,16,17,18,19). The Bertz CT molecular complexity index is 538. The van der Waals surface area contributed by atoms with Gasteiger partial charge in [0, 0.05) is 25.5 Å². The Morgan fingerprint density at radius 2 is 1.95 bits per heavy atom. The number of hydrogen-bond acceptors (Lipinski definition) is 6. The normalized spacial score (nSPS) is 13.8. The van der Waals surface area contributed by atoms with Gasteiger partial charge in [0.15, 0.2) is 0 Å². The van der Waals surface area contributed by atoms with Gasteiger partial charge in [-0.3, -0.25) is 4.57 Å². The fourth-order valence-electron chi connectivity index (χ4n) is 1.73. The van der Waals surface area contributed by atoms with Gasteiger partial charge < -0.3 is 10.6 Å². The highest BCUT2D eigenvalue weighted by molar-refractivity contribution is 5.38. The second-order valence-electron chi connectivity index (χ2n) is 4.82. The summed E-state index contributed by atoms with van der Waals surface area (Å²) < 4.78 is 1.75. The molecule has 2 atom stereocenters. The molecule has 7 heteroatoms. The topological polar surface area (TPSA) is 80.5 Å². The van der Waals surface area contributed by atoms with Gasteiger partial charge in [-0.1, -0.05) is 20.3 Å². The zero-order valence-corrected chi connectivity index (χ0v) is 12.3. The molecule has 2 aromatic heterocycles. The summed E-state index contributed by atoms with van der Waals surface area (Å²) in [5.41, 5.74) is 0. The van der Waals surface area contributed by atoms with E-state index in [1.807, 2.05) is 0 Å². The van der Waals surface area contributed by atoms with Gasteiger partial charge in [-0.2, -0.15) is 15.0 Å². The molecule has 7 nitrogen and oxygen atoms in total. The molecule has 2 N–H and O–H groups in total. The van der Waals surface area contributed by atoms with E-state index < -0.39 is 0 Å². The van der Waals surface area contributed by atoms with Gasteiger partial charge in [0.05, 0.1) is 0 Å². The lowest BCUT2D eigenvalue weighted by atomic mass is 10.0. The molecule has 0 aliphatic rings. The molecule has 2 rings (SSSR count). The molecule has 0 fully saturated rings. The van der Waals surface area contributed by atoms with Crippen molar-refractivity contribution in [3.8, 4) is 5.95 Å². The van der Waals surface area contributed by atoms with Crippen molar-refractivity contribution >= 4 is 11.9 Å². The van der Waals surface area contributed by atoms with Crippen LogP contribution in [0.2, 0.25) is 0 Å². The van der Waals surface area contributed by atoms with Crippen LogP contribution in [0.1, 0.15) is 27.2 Å². The van der Waals surface area contributed by atoms with Crippen LogP contribution in [0.15, 0.2) is 18.7 Å². The molecule has 0 aliphatic carbocycles. The first kappa shape index (κ1) is 14.2. The lowest BCUT2D eigenvalue weighted by Crippen LogP contribution is -2.25. The van der Waals surface area contributed by atoms with Crippen molar-refractivity contribution in [2.75, 3.05) is 17.7 Å². The molecule has 2 aromatic rings. The molecular formula is C13H21N7. The van der Waals surface area contributed by atoms with Crippen molar-refractivity contribution in [2.45, 2.75) is 33.2 Å². The average Bonchev–Trinajstić information content (AvgIpc) is 3.00. The number of hydrogen-bond donors (Lipinski definition) is 2. The minimum Gasteiger partial charge on any atom is -0.357 e. The van der Waals surface area contributed by atoms with Gasteiger partial charge >= 0.3 is 0 Å². The third kappa shape index (κ3) is 3.23. The van der Waals surface area contributed by atoms with Gasteiger partial charge in [-0.25, -0.2) is 4.98 Å². The lowest BCUT2D eigenvalue weighted by Gasteiger charge is -2.20. The quantitative estimate of drug-likeness (QED) is 0.838. The first-order valence-electron chi connectivity index (χ1n) is 6.82. The molecule has 0 saturated carbocycles. The Balaban J connectivity index is 2.27. The highest BCUT2D eigenvalue weighted by atomic mass is 15.3. The minimum absolute atomic E-state index is 0.294. The lowest BCUT2D eigenvalue weighted by molar-refractivity contribution is 0.492. The summed E-state index contributed by atoms with van der Waals surface area (Å²) in [7, 11) is 1.79. The molecule has 0 spiro atoms. The summed E-state index contributed by atoms with van der Waals surface area (Å²) in [5.74, 6) is 2.19. The Hall–Kier alpha value is -2.18. The van der Waals surface area contributed by atoms with Crippen LogP contribution in [-0.4, -0.2) is 37.6 Å². The van der Waals surface area contributed by atoms with Crippen molar-refractivity contribution in [3.05, 3.63) is 18.7 Å². The zero-order valence-electron chi connectivity index (χ0n) is 12.3. The fraction of sp³-hybridized carbons (Fsp3) is 0.538. The molecule has 2 unspecified atom stereocenters. The number of anilines is 2. The number of nitrogens with one attached hydrogen (secondary N) is 2. The number of rotatable bonds is 6. The molecule has 0 amide bonds. The zero-order chi connectivity index (χ0) is 14.5. The van der Waals surface area contributed by atoms with E-state index in [1.54, 1.807) is 30.3 Å². The average molecular weight is 275 g/mol. The Morgan fingerprint density at radius 3 is 2.55 bits per heavy atom. The van der Waals surface area contributed by atoms with E-state index in [0.717, 1.165) is 6.42 Å². The molecule has 0 aliphatic heterocycles. The van der Waals surface area contributed by atoms with Gasteiger partial charge in [0.1, 0.15) is 6.33 Å². The maximum atomic E-state index is 4.43. The summed E-state index contributed by atoms with van der Waals surface area (Å²) in [4.78, 5) is 17.1. The van der Waals surface area contributed by atoms with Crippen molar-refractivity contribution < 1.29 is 0 Å². The van der Waals surface area contributed by atoms with Crippen LogP contribution in [0.3, 0.4) is 0 Å². The fourth-order valence-corrected chi connectivity index (χ4v) is 1.73. The van der Waals surface area contributed by atoms with E-state index in [4.69, 9.17) is 0 Å². The third-order valence-electron chi connectivity index (χ3n) is 3.44. The summed E-state index contributed by atoms with van der Waals surface area (Å²) in [6.45, 7) is 6.51. The highest BCUT2D eigenvalue weighted by Gasteiger charge is 2.13. The maximum Gasteiger partial charge on any atom is 0.241 e. The molecule has 108 valence electrons. The molecule has 0 saturated heterocycles. The molecule has 0 radical (unpaired) electrons. The monoisotopic (exact) mass is 275 g/mol.